The van der Waals surface area contributed by atoms with Crippen molar-refractivity contribution in [1.82, 2.24) is 0 Å². The molecule has 0 saturated heterocycles. The number of aliphatic hydroxyl groups excluding tert-OH is 2. The van der Waals surface area contributed by atoms with Crippen molar-refractivity contribution in [3.63, 3.8) is 0 Å². The van der Waals surface area contributed by atoms with Crippen molar-refractivity contribution < 1.29 is 14.6 Å². The molecule has 0 aliphatic heterocycles. The maximum Gasteiger partial charge on any atom is 0.123 e. The van der Waals surface area contributed by atoms with Crippen LogP contribution in [0.2, 0.25) is 0 Å². The highest BCUT2D eigenvalue weighted by atomic mass is 19.1. The summed E-state index contributed by atoms with van der Waals surface area (Å²) in [6.45, 7) is 4.91. The average molecular weight is 241 g/mol. The predicted molar refractivity (Wildman–Crippen MR) is 66.6 cm³/mol. The summed E-state index contributed by atoms with van der Waals surface area (Å²) in [6.07, 6.45) is 0. The summed E-state index contributed by atoms with van der Waals surface area (Å²) in [4.78, 5) is 2.01. The van der Waals surface area contributed by atoms with E-state index in [1.807, 2.05) is 18.7 Å². The van der Waals surface area contributed by atoms with Gasteiger partial charge in [0.25, 0.3) is 0 Å². The van der Waals surface area contributed by atoms with E-state index in [1.165, 1.54) is 12.1 Å². The van der Waals surface area contributed by atoms with Crippen molar-refractivity contribution in [3.05, 3.63) is 30.1 Å². The van der Waals surface area contributed by atoms with Gasteiger partial charge in [0.2, 0.25) is 0 Å². The number of nitrogens with zero attached hydrogens (tertiary/aromatic N) is 1. The number of hydrogen-bond acceptors (Lipinski definition) is 3. The van der Waals surface area contributed by atoms with Gasteiger partial charge in [-0.25, -0.2) is 4.39 Å². The van der Waals surface area contributed by atoms with Crippen molar-refractivity contribution in [2.45, 2.75) is 13.8 Å². The second-order valence-electron chi connectivity index (χ2n) is 4.62. The number of aliphatic hydroxyl groups is 2. The summed E-state index contributed by atoms with van der Waals surface area (Å²) in [5.41, 5.74) is 0.340. The van der Waals surface area contributed by atoms with Crippen LogP contribution in [-0.4, -0.2) is 36.5 Å². The van der Waals surface area contributed by atoms with Gasteiger partial charge in [0.15, 0.2) is 0 Å². The molecule has 1 aromatic carbocycles. The van der Waals surface area contributed by atoms with Gasteiger partial charge in [0.05, 0.1) is 13.2 Å². The molecule has 0 atom stereocenters. The first kappa shape index (κ1) is 13.9. The van der Waals surface area contributed by atoms with E-state index in [2.05, 4.69) is 0 Å². The van der Waals surface area contributed by atoms with Gasteiger partial charge < -0.3 is 15.1 Å². The largest absolute Gasteiger partial charge is 0.396 e. The Kier molecular flexibility index (Phi) is 4.90. The van der Waals surface area contributed by atoms with E-state index in [0.717, 1.165) is 12.2 Å². The molecule has 0 aliphatic rings. The summed E-state index contributed by atoms with van der Waals surface area (Å²) in [7, 11) is 0. The van der Waals surface area contributed by atoms with E-state index in [-0.39, 0.29) is 19.0 Å². The molecule has 17 heavy (non-hydrogen) atoms. The summed E-state index contributed by atoms with van der Waals surface area (Å²) in [5, 5.41) is 18.5. The summed E-state index contributed by atoms with van der Waals surface area (Å²) in [6, 6.07) is 6.22. The normalized spacial score (nSPS) is 11.6. The van der Waals surface area contributed by atoms with Gasteiger partial charge in [-0.3, -0.25) is 0 Å². The van der Waals surface area contributed by atoms with Gasteiger partial charge >= 0.3 is 0 Å². The molecule has 4 heteroatoms. The molecule has 0 saturated carbocycles. The van der Waals surface area contributed by atoms with Gasteiger partial charge in [0.1, 0.15) is 5.82 Å². The highest BCUT2D eigenvalue weighted by molar-refractivity contribution is 5.46. The van der Waals surface area contributed by atoms with Crippen LogP contribution in [0, 0.1) is 11.2 Å². The van der Waals surface area contributed by atoms with Crippen LogP contribution in [0.3, 0.4) is 0 Å². The van der Waals surface area contributed by atoms with E-state index < -0.39 is 5.41 Å². The topological polar surface area (TPSA) is 43.7 Å². The lowest BCUT2D eigenvalue weighted by Crippen LogP contribution is -2.40. The molecule has 1 aromatic rings. The second-order valence-corrected chi connectivity index (χ2v) is 4.62. The van der Waals surface area contributed by atoms with Crippen LogP contribution in [0.15, 0.2) is 24.3 Å². The molecule has 1 rings (SSSR count). The summed E-state index contributed by atoms with van der Waals surface area (Å²) in [5.74, 6) is -0.267. The van der Waals surface area contributed by atoms with Crippen LogP contribution < -0.4 is 4.90 Å². The molecule has 0 heterocycles. The maximum atomic E-state index is 12.8. The Bertz CT molecular complexity index is 336. The fraction of sp³-hybridized carbons (Fsp3) is 0.538. The van der Waals surface area contributed by atoms with Crippen molar-refractivity contribution in [3.8, 4) is 0 Å². The molecule has 0 bridgehead atoms. The van der Waals surface area contributed by atoms with Gasteiger partial charge in [-0.2, -0.15) is 0 Å². The third kappa shape index (κ3) is 3.68. The van der Waals surface area contributed by atoms with Crippen LogP contribution in [0.25, 0.3) is 0 Å². The third-order valence-electron chi connectivity index (χ3n) is 2.91. The smallest absolute Gasteiger partial charge is 0.123 e. The Hall–Kier alpha value is -1.13. The molecule has 0 spiro atoms. The van der Waals surface area contributed by atoms with E-state index in [4.69, 9.17) is 0 Å². The first-order chi connectivity index (χ1) is 8.04. The molecule has 2 N–H and O–H groups in total. The van der Waals surface area contributed by atoms with Crippen LogP contribution >= 0.6 is 0 Å². The Morgan fingerprint density at radius 1 is 1.18 bits per heavy atom. The molecule has 3 nitrogen and oxygen atoms in total. The molecule has 0 fully saturated rings. The Morgan fingerprint density at radius 2 is 1.71 bits per heavy atom. The van der Waals surface area contributed by atoms with E-state index in [0.29, 0.717) is 6.54 Å². The van der Waals surface area contributed by atoms with Gasteiger partial charge in [-0.15, -0.1) is 0 Å². The van der Waals surface area contributed by atoms with Crippen molar-refractivity contribution in [2.24, 2.45) is 5.41 Å². The maximum absolute atomic E-state index is 12.8. The molecule has 96 valence electrons. The fourth-order valence-corrected chi connectivity index (χ4v) is 1.65. The minimum absolute atomic E-state index is 0.0821. The first-order valence-corrected chi connectivity index (χ1v) is 5.77. The van der Waals surface area contributed by atoms with Crippen LogP contribution in [0.4, 0.5) is 10.1 Å². The minimum Gasteiger partial charge on any atom is -0.396 e. The molecule has 0 aromatic heterocycles. The Balaban J connectivity index is 2.81. The monoisotopic (exact) mass is 241 g/mol. The number of hydrogen-bond donors (Lipinski definition) is 2. The van der Waals surface area contributed by atoms with E-state index in [9.17, 15) is 14.6 Å². The highest BCUT2D eigenvalue weighted by Gasteiger charge is 2.25. The standard InChI is InChI=1S/C13H20FNO2/c1-3-15(8-13(2,9-16)10-17)12-6-4-11(14)5-7-12/h4-7,16-17H,3,8-10H2,1-2H3. The molecule has 0 radical (unpaired) electrons. The van der Waals surface area contributed by atoms with E-state index >= 15 is 0 Å². The third-order valence-corrected chi connectivity index (χ3v) is 2.91. The van der Waals surface area contributed by atoms with Crippen molar-refractivity contribution in [1.29, 1.82) is 0 Å². The van der Waals surface area contributed by atoms with Crippen LogP contribution in [-0.2, 0) is 0 Å². The number of halogens is 1. The quantitative estimate of drug-likeness (QED) is 0.795. The lowest BCUT2D eigenvalue weighted by molar-refractivity contribution is 0.0755. The van der Waals surface area contributed by atoms with Gasteiger partial charge in [-0.05, 0) is 31.2 Å². The van der Waals surface area contributed by atoms with Gasteiger partial charge in [0, 0.05) is 24.2 Å². The fourth-order valence-electron chi connectivity index (χ4n) is 1.65. The van der Waals surface area contributed by atoms with Gasteiger partial charge in [-0.1, -0.05) is 6.92 Å². The molecular formula is C13H20FNO2. The number of anilines is 1. The Morgan fingerprint density at radius 3 is 2.12 bits per heavy atom. The predicted octanol–water partition coefficient (Wildman–Crippen LogP) is 1.64. The van der Waals surface area contributed by atoms with E-state index in [1.54, 1.807) is 12.1 Å². The first-order valence-electron chi connectivity index (χ1n) is 5.77. The van der Waals surface area contributed by atoms with Crippen LogP contribution in [0.5, 0.6) is 0 Å². The zero-order valence-corrected chi connectivity index (χ0v) is 10.4. The lowest BCUT2D eigenvalue weighted by atomic mass is 9.92. The summed E-state index contributed by atoms with van der Waals surface area (Å²) < 4.78 is 12.8. The number of rotatable bonds is 6. The highest BCUT2D eigenvalue weighted by Crippen LogP contribution is 2.22. The zero-order chi connectivity index (χ0) is 12.9. The lowest BCUT2D eigenvalue weighted by Gasteiger charge is -2.33. The molecule has 0 amide bonds. The zero-order valence-electron chi connectivity index (χ0n) is 10.4. The summed E-state index contributed by atoms with van der Waals surface area (Å²) >= 11 is 0. The molecule has 0 aliphatic carbocycles. The van der Waals surface area contributed by atoms with Crippen molar-refractivity contribution >= 4 is 5.69 Å². The Labute approximate surface area is 101 Å². The number of benzene rings is 1. The molecule has 0 unspecified atom stereocenters. The average Bonchev–Trinajstić information content (AvgIpc) is 2.37. The SMILES string of the molecule is CCN(CC(C)(CO)CO)c1ccc(F)cc1. The molecular weight excluding hydrogens is 221 g/mol. The van der Waals surface area contributed by atoms with Crippen LogP contribution in [0.1, 0.15) is 13.8 Å². The minimum atomic E-state index is -0.551. The second kappa shape index (κ2) is 5.98. The van der Waals surface area contributed by atoms with Crippen molar-refractivity contribution in [2.75, 3.05) is 31.2 Å².